The van der Waals surface area contributed by atoms with E-state index in [1.807, 2.05) is 37.7 Å². The Hall–Kier alpha value is -2.09. The summed E-state index contributed by atoms with van der Waals surface area (Å²) in [6.07, 6.45) is 5.25. The summed E-state index contributed by atoms with van der Waals surface area (Å²) in [6.45, 7) is 4.73. The van der Waals surface area contributed by atoms with Gasteiger partial charge in [-0.3, -0.25) is 19.2 Å². The maximum atomic E-state index is 12.8. The Morgan fingerprint density at radius 2 is 2.04 bits per heavy atom. The highest BCUT2D eigenvalue weighted by Gasteiger charge is 2.32. The van der Waals surface area contributed by atoms with Crippen molar-refractivity contribution in [1.82, 2.24) is 19.3 Å². The van der Waals surface area contributed by atoms with Gasteiger partial charge in [0.05, 0.1) is 5.25 Å². The van der Waals surface area contributed by atoms with Gasteiger partial charge in [0, 0.05) is 44.2 Å². The Morgan fingerprint density at radius 1 is 1.25 bits per heavy atom. The molecule has 0 bridgehead atoms. The molecule has 0 unspecified atom stereocenters. The van der Waals surface area contributed by atoms with Crippen LogP contribution < -0.4 is 10.5 Å². The third-order valence-electron chi connectivity index (χ3n) is 3.97. The van der Waals surface area contributed by atoms with Crippen molar-refractivity contribution < 1.29 is 4.79 Å². The Bertz CT molecular complexity index is 798. The van der Waals surface area contributed by atoms with Crippen molar-refractivity contribution in [2.45, 2.75) is 43.1 Å². The van der Waals surface area contributed by atoms with E-state index in [4.69, 9.17) is 0 Å². The van der Waals surface area contributed by atoms with Gasteiger partial charge in [0.2, 0.25) is 5.91 Å². The van der Waals surface area contributed by atoms with Crippen LogP contribution in [-0.2, 0) is 11.8 Å². The maximum Gasteiger partial charge on any atom is 0.273 e. The minimum Gasteiger partial charge on any atom is -0.325 e. The summed E-state index contributed by atoms with van der Waals surface area (Å²) in [5, 5.41) is 4.67. The average Bonchev–Trinajstić information content (AvgIpc) is 2.95. The van der Waals surface area contributed by atoms with Crippen LogP contribution in [0.2, 0.25) is 0 Å². The number of thioether (sulfide) groups is 1. The summed E-state index contributed by atoms with van der Waals surface area (Å²) in [5.41, 5.74) is -0.278. The molecule has 3 rings (SSSR count). The Morgan fingerprint density at radius 3 is 2.71 bits per heavy atom. The molecule has 0 saturated carbocycles. The number of hydrogen-bond donors (Lipinski definition) is 0. The van der Waals surface area contributed by atoms with Crippen LogP contribution in [0, 0.1) is 0 Å². The van der Waals surface area contributed by atoms with Gasteiger partial charge in [-0.05, 0) is 26.7 Å². The average molecular weight is 347 g/mol. The minimum absolute atomic E-state index is 0.0263. The lowest BCUT2D eigenvalue weighted by Gasteiger charge is -2.30. The summed E-state index contributed by atoms with van der Waals surface area (Å²) < 4.78 is 3.62. The van der Waals surface area contributed by atoms with Crippen LogP contribution in [0.25, 0.3) is 0 Å². The molecule has 3 heterocycles. The van der Waals surface area contributed by atoms with Gasteiger partial charge in [-0.1, -0.05) is 11.8 Å². The second-order valence-corrected chi connectivity index (χ2v) is 7.31. The van der Waals surface area contributed by atoms with Gasteiger partial charge in [-0.15, -0.1) is 0 Å². The number of carbonyl (C=O) groups is 1. The SMILES string of the molecule is CC(C)n1ccc(=O)nc1S[C@@H]1CCCN(c2ccn(C)n2)C1=O. The molecule has 0 aromatic carbocycles. The lowest BCUT2D eigenvalue weighted by molar-refractivity contribution is -0.119. The van der Waals surface area contributed by atoms with E-state index in [1.54, 1.807) is 15.8 Å². The monoisotopic (exact) mass is 347 g/mol. The first-order valence-corrected chi connectivity index (χ1v) is 8.90. The van der Waals surface area contributed by atoms with Gasteiger partial charge in [0.25, 0.3) is 5.56 Å². The summed E-state index contributed by atoms with van der Waals surface area (Å²) in [4.78, 5) is 30.3. The first kappa shape index (κ1) is 16.8. The zero-order valence-electron chi connectivity index (χ0n) is 14.0. The largest absolute Gasteiger partial charge is 0.325 e. The Kier molecular flexibility index (Phi) is 4.75. The van der Waals surface area contributed by atoms with Gasteiger partial charge >= 0.3 is 0 Å². The fourth-order valence-corrected chi connectivity index (χ4v) is 4.03. The quantitative estimate of drug-likeness (QED) is 0.789. The summed E-state index contributed by atoms with van der Waals surface area (Å²) in [5.74, 6) is 0.702. The second kappa shape index (κ2) is 6.80. The molecule has 8 heteroatoms. The number of nitrogens with zero attached hydrogens (tertiary/aromatic N) is 5. The third kappa shape index (κ3) is 3.38. The number of amides is 1. The van der Waals surface area contributed by atoms with Crippen LogP contribution in [0.15, 0.2) is 34.5 Å². The topological polar surface area (TPSA) is 73.0 Å². The van der Waals surface area contributed by atoms with Gasteiger partial charge in [-0.25, -0.2) is 0 Å². The Labute approximate surface area is 144 Å². The number of rotatable bonds is 4. The normalized spacial score (nSPS) is 18.4. The third-order valence-corrected chi connectivity index (χ3v) is 5.21. The molecule has 128 valence electrons. The van der Waals surface area contributed by atoms with Crippen molar-refractivity contribution in [2.75, 3.05) is 11.4 Å². The highest BCUT2D eigenvalue weighted by molar-refractivity contribution is 8.00. The molecule has 1 atom stereocenters. The molecule has 1 fully saturated rings. The Balaban J connectivity index is 1.84. The van der Waals surface area contributed by atoms with E-state index in [0.29, 0.717) is 17.5 Å². The molecule has 2 aromatic rings. The first-order chi connectivity index (χ1) is 11.5. The fourth-order valence-electron chi connectivity index (χ4n) is 2.73. The predicted octanol–water partition coefficient (Wildman–Crippen LogP) is 1.85. The molecule has 2 aromatic heterocycles. The molecule has 24 heavy (non-hydrogen) atoms. The standard InChI is InChI=1S/C16H21N5O2S/c1-11(2)20-10-7-14(22)17-16(20)24-12-5-4-8-21(15(12)23)13-6-9-19(3)18-13/h6-7,9-12H,4-5,8H2,1-3H3/t12-/m1/s1. The van der Waals surface area contributed by atoms with Crippen LogP contribution in [0.3, 0.4) is 0 Å². The van der Waals surface area contributed by atoms with Crippen molar-refractivity contribution in [3.63, 3.8) is 0 Å². The number of aryl methyl sites for hydroxylation is 1. The van der Waals surface area contributed by atoms with Crippen molar-refractivity contribution >= 4 is 23.5 Å². The molecule has 7 nitrogen and oxygen atoms in total. The zero-order valence-corrected chi connectivity index (χ0v) is 14.9. The number of carbonyl (C=O) groups excluding carboxylic acids is 1. The van der Waals surface area contributed by atoms with Crippen LogP contribution in [0.4, 0.5) is 5.82 Å². The van der Waals surface area contributed by atoms with E-state index in [-0.39, 0.29) is 22.8 Å². The predicted molar refractivity (Wildman–Crippen MR) is 93.3 cm³/mol. The molecule has 1 aliphatic rings. The summed E-state index contributed by atoms with van der Waals surface area (Å²) >= 11 is 1.37. The summed E-state index contributed by atoms with van der Waals surface area (Å²) in [7, 11) is 1.83. The van der Waals surface area contributed by atoms with Gasteiger partial charge in [-0.2, -0.15) is 10.1 Å². The fraction of sp³-hybridized carbons (Fsp3) is 0.500. The maximum absolute atomic E-state index is 12.8. The second-order valence-electron chi connectivity index (χ2n) is 6.14. The minimum atomic E-state index is -0.278. The van der Waals surface area contributed by atoms with Gasteiger partial charge in [0.15, 0.2) is 11.0 Å². The number of anilines is 1. The molecular formula is C16H21N5O2S. The molecule has 1 amide bonds. The molecular weight excluding hydrogens is 326 g/mol. The highest BCUT2D eigenvalue weighted by Crippen LogP contribution is 2.31. The van der Waals surface area contributed by atoms with Crippen LogP contribution >= 0.6 is 11.8 Å². The van der Waals surface area contributed by atoms with Crippen LogP contribution in [0.5, 0.6) is 0 Å². The van der Waals surface area contributed by atoms with E-state index in [2.05, 4.69) is 10.1 Å². The van der Waals surface area contributed by atoms with Crippen LogP contribution in [0.1, 0.15) is 32.7 Å². The first-order valence-electron chi connectivity index (χ1n) is 8.02. The lowest BCUT2D eigenvalue weighted by Crippen LogP contribution is -2.43. The van der Waals surface area contributed by atoms with Gasteiger partial charge < -0.3 is 4.57 Å². The van der Waals surface area contributed by atoms with E-state index in [1.165, 1.54) is 17.8 Å². The molecule has 0 aliphatic carbocycles. The molecule has 0 spiro atoms. The van der Waals surface area contributed by atoms with E-state index in [9.17, 15) is 9.59 Å². The van der Waals surface area contributed by atoms with Crippen molar-refractivity contribution in [2.24, 2.45) is 7.05 Å². The number of hydrogen-bond acceptors (Lipinski definition) is 5. The van der Waals surface area contributed by atoms with Crippen molar-refractivity contribution in [1.29, 1.82) is 0 Å². The molecule has 1 saturated heterocycles. The highest BCUT2D eigenvalue weighted by atomic mass is 32.2. The number of piperidine rings is 1. The van der Waals surface area contributed by atoms with E-state index in [0.717, 1.165) is 12.8 Å². The smallest absolute Gasteiger partial charge is 0.273 e. The van der Waals surface area contributed by atoms with Gasteiger partial charge in [0.1, 0.15) is 0 Å². The molecule has 0 radical (unpaired) electrons. The zero-order chi connectivity index (χ0) is 17.3. The van der Waals surface area contributed by atoms with E-state index < -0.39 is 0 Å². The molecule has 1 aliphatic heterocycles. The summed E-state index contributed by atoms with van der Waals surface area (Å²) in [6, 6.07) is 3.47. The van der Waals surface area contributed by atoms with E-state index >= 15 is 0 Å². The van der Waals surface area contributed by atoms with Crippen molar-refractivity contribution in [3.05, 3.63) is 34.9 Å². The lowest BCUT2D eigenvalue weighted by atomic mass is 10.1. The number of aromatic nitrogens is 4. The van der Waals surface area contributed by atoms with Crippen LogP contribution in [-0.4, -0.2) is 37.0 Å². The van der Waals surface area contributed by atoms with Crippen molar-refractivity contribution in [3.8, 4) is 0 Å². The molecule has 0 N–H and O–H groups in total.